The minimum atomic E-state index is -0.466. The summed E-state index contributed by atoms with van der Waals surface area (Å²) in [5, 5.41) is 9.10. The van der Waals surface area contributed by atoms with Crippen molar-refractivity contribution in [1.82, 2.24) is 20.5 Å². The van der Waals surface area contributed by atoms with E-state index >= 15 is 0 Å². The van der Waals surface area contributed by atoms with Gasteiger partial charge in [0.05, 0.1) is 5.56 Å². The Morgan fingerprint density at radius 2 is 2.23 bits per heavy atom. The number of rotatable bonds is 4. The Morgan fingerprint density at radius 3 is 2.95 bits per heavy atom. The lowest BCUT2D eigenvalue weighted by Crippen LogP contribution is -2.59. The van der Waals surface area contributed by atoms with Gasteiger partial charge in [0.25, 0.3) is 5.91 Å². The molecule has 1 aliphatic carbocycles. The van der Waals surface area contributed by atoms with Crippen LogP contribution >= 0.6 is 0 Å². The van der Waals surface area contributed by atoms with Gasteiger partial charge in [-0.2, -0.15) is 0 Å². The SMILES string of the molecule is CNc1ncccc1C(=O)N1CCNC[C@@H]1C(=O)NC1CC1. The van der Waals surface area contributed by atoms with E-state index in [0.29, 0.717) is 31.0 Å². The Balaban J connectivity index is 1.79. The number of nitrogens with zero attached hydrogens (tertiary/aromatic N) is 2. The van der Waals surface area contributed by atoms with E-state index in [0.717, 1.165) is 12.8 Å². The van der Waals surface area contributed by atoms with Crippen LogP contribution in [0.2, 0.25) is 0 Å². The molecule has 2 fully saturated rings. The van der Waals surface area contributed by atoms with Crippen LogP contribution in [-0.2, 0) is 4.79 Å². The molecule has 7 heteroatoms. The molecule has 2 aliphatic rings. The van der Waals surface area contributed by atoms with Crippen LogP contribution in [0.25, 0.3) is 0 Å². The number of piperazine rings is 1. The lowest BCUT2D eigenvalue weighted by Gasteiger charge is -2.35. The topological polar surface area (TPSA) is 86.4 Å². The monoisotopic (exact) mass is 303 g/mol. The van der Waals surface area contributed by atoms with Gasteiger partial charge in [0.1, 0.15) is 11.9 Å². The lowest BCUT2D eigenvalue weighted by molar-refractivity contribution is -0.126. The second-order valence-electron chi connectivity index (χ2n) is 5.65. The Morgan fingerprint density at radius 1 is 1.41 bits per heavy atom. The highest BCUT2D eigenvalue weighted by Gasteiger charge is 2.35. The van der Waals surface area contributed by atoms with Gasteiger partial charge in [0.15, 0.2) is 0 Å². The third kappa shape index (κ3) is 3.04. The van der Waals surface area contributed by atoms with Gasteiger partial charge in [-0.3, -0.25) is 9.59 Å². The maximum Gasteiger partial charge on any atom is 0.258 e. The molecule has 2 heterocycles. The van der Waals surface area contributed by atoms with Gasteiger partial charge in [-0.1, -0.05) is 0 Å². The largest absolute Gasteiger partial charge is 0.372 e. The highest BCUT2D eigenvalue weighted by Crippen LogP contribution is 2.20. The van der Waals surface area contributed by atoms with Gasteiger partial charge < -0.3 is 20.9 Å². The van der Waals surface area contributed by atoms with Gasteiger partial charge in [-0.25, -0.2) is 4.98 Å². The van der Waals surface area contributed by atoms with Crippen LogP contribution in [0.15, 0.2) is 18.3 Å². The predicted molar refractivity (Wildman–Crippen MR) is 82.6 cm³/mol. The van der Waals surface area contributed by atoms with Crippen molar-refractivity contribution in [3.8, 4) is 0 Å². The number of hydrogen-bond acceptors (Lipinski definition) is 5. The highest BCUT2D eigenvalue weighted by atomic mass is 16.2. The van der Waals surface area contributed by atoms with E-state index in [1.165, 1.54) is 0 Å². The molecule has 7 nitrogen and oxygen atoms in total. The molecule has 1 aliphatic heterocycles. The zero-order valence-electron chi connectivity index (χ0n) is 12.6. The number of carbonyl (C=O) groups excluding carboxylic acids is 2. The first-order valence-electron chi connectivity index (χ1n) is 7.65. The van der Waals surface area contributed by atoms with Crippen LogP contribution in [0.4, 0.5) is 5.82 Å². The summed E-state index contributed by atoms with van der Waals surface area (Å²) in [6.45, 7) is 1.69. The maximum absolute atomic E-state index is 12.8. The van der Waals surface area contributed by atoms with Crippen LogP contribution in [0.1, 0.15) is 23.2 Å². The van der Waals surface area contributed by atoms with Gasteiger partial charge in [-0.15, -0.1) is 0 Å². The fourth-order valence-corrected chi connectivity index (χ4v) is 2.64. The molecule has 0 spiro atoms. The lowest BCUT2D eigenvalue weighted by atomic mass is 10.1. The first-order chi connectivity index (χ1) is 10.7. The first kappa shape index (κ1) is 14.8. The Hall–Kier alpha value is -2.15. The van der Waals surface area contributed by atoms with Gasteiger partial charge in [0, 0.05) is 38.9 Å². The Labute approximate surface area is 129 Å². The van der Waals surface area contributed by atoms with Crippen molar-refractivity contribution in [3.63, 3.8) is 0 Å². The second kappa shape index (κ2) is 6.31. The molecule has 2 amide bonds. The number of amides is 2. The molecular formula is C15H21N5O2. The van der Waals surface area contributed by atoms with Crippen LogP contribution in [0.3, 0.4) is 0 Å². The van der Waals surface area contributed by atoms with Crippen LogP contribution < -0.4 is 16.0 Å². The molecule has 1 aromatic heterocycles. The smallest absolute Gasteiger partial charge is 0.258 e. The number of anilines is 1. The molecule has 3 rings (SSSR count). The maximum atomic E-state index is 12.8. The van der Waals surface area contributed by atoms with Gasteiger partial charge in [-0.05, 0) is 25.0 Å². The zero-order chi connectivity index (χ0) is 15.5. The molecule has 22 heavy (non-hydrogen) atoms. The number of aromatic nitrogens is 1. The molecule has 0 radical (unpaired) electrons. The summed E-state index contributed by atoms with van der Waals surface area (Å²) in [4.78, 5) is 31.0. The van der Waals surface area contributed by atoms with Crippen molar-refractivity contribution in [2.75, 3.05) is 32.0 Å². The molecule has 0 unspecified atom stereocenters. The molecule has 0 aromatic carbocycles. The van der Waals surface area contributed by atoms with Gasteiger partial charge in [0.2, 0.25) is 5.91 Å². The molecule has 1 saturated carbocycles. The third-order valence-electron chi connectivity index (χ3n) is 4.01. The Bertz CT molecular complexity index is 573. The van der Waals surface area contributed by atoms with E-state index in [9.17, 15) is 9.59 Å². The fraction of sp³-hybridized carbons (Fsp3) is 0.533. The molecule has 3 N–H and O–H groups in total. The van der Waals surface area contributed by atoms with E-state index in [-0.39, 0.29) is 17.9 Å². The summed E-state index contributed by atoms with van der Waals surface area (Å²) in [5.41, 5.74) is 0.496. The van der Waals surface area contributed by atoms with Crippen molar-refractivity contribution in [2.45, 2.75) is 24.9 Å². The van der Waals surface area contributed by atoms with Crippen LogP contribution in [-0.4, -0.2) is 60.5 Å². The van der Waals surface area contributed by atoms with E-state index in [2.05, 4.69) is 20.9 Å². The average Bonchev–Trinajstić information content (AvgIpc) is 3.38. The molecule has 1 aromatic rings. The Kier molecular flexibility index (Phi) is 4.24. The number of nitrogens with one attached hydrogen (secondary N) is 3. The second-order valence-corrected chi connectivity index (χ2v) is 5.65. The van der Waals surface area contributed by atoms with E-state index in [1.54, 1.807) is 30.3 Å². The van der Waals surface area contributed by atoms with Crippen molar-refractivity contribution in [3.05, 3.63) is 23.9 Å². The van der Waals surface area contributed by atoms with Crippen molar-refractivity contribution < 1.29 is 9.59 Å². The first-order valence-corrected chi connectivity index (χ1v) is 7.65. The molecule has 118 valence electrons. The fourth-order valence-electron chi connectivity index (χ4n) is 2.64. The van der Waals surface area contributed by atoms with Crippen LogP contribution in [0.5, 0.6) is 0 Å². The van der Waals surface area contributed by atoms with Crippen molar-refractivity contribution in [2.24, 2.45) is 0 Å². The molecular weight excluding hydrogens is 282 g/mol. The van der Waals surface area contributed by atoms with Gasteiger partial charge >= 0.3 is 0 Å². The molecule has 1 atom stereocenters. The minimum Gasteiger partial charge on any atom is -0.372 e. The van der Waals surface area contributed by atoms with Crippen molar-refractivity contribution in [1.29, 1.82) is 0 Å². The van der Waals surface area contributed by atoms with Crippen LogP contribution in [0, 0.1) is 0 Å². The summed E-state index contributed by atoms with van der Waals surface area (Å²) >= 11 is 0. The third-order valence-corrected chi connectivity index (χ3v) is 4.01. The van der Waals surface area contributed by atoms with E-state index < -0.39 is 6.04 Å². The number of hydrogen-bond donors (Lipinski definition) is 3. The quantitative estimate of drug-likeness (QED) is 0.718. The standard InChI is InChI=1S/C15H21N5O2/c1-16-13-11(3-2-6-18-13)15(22)20-8-7-17-9-12(20)14(21)19-10-4-5-10/h2-3,6,10,12,17H,4-5,7-9H2,1H3,(H,16,18)(H,19,21)/t12-/m1/s1. The molecule has 1 saturated heterocycles. The summed E-state index contributed by atoms with van der Waals surface area (Å²) in [6, 6.07) is 3.29. The summed E-state index contributed by atoms with van der Waals surface area (Å²) in [7, 11) is 1.73. The predicted octanol–water partition coefficient (Wildman–Crippen LogP) is -0.184. The van der Waals surface area contributed by atoms with E-state index in [1.807, 2.05) is 0 Å². The average molecular weight is 303 g/mol. The summed E-state index contributed by atoms with van der Waals surface area (Å²) < 4.78 is 0. The van der Waals surface area contributed by atoms with E-state index in [4.69, 9.17) is 0 Å². The summed E-state index contributed by atoms with van der Waals surface area (Å²) in [6.07, 6.45) is 3.70. The number of carbonyl (C=O) groups is 2. The normalized spacial score (nSPS) is 21.3. The minimum absolute atomic E-state index is 0.0713. The highest BCUT2D eigenvalue weighted by molar-refractivity contribution is 6.01. The zero-order valence-corrected chi connectivity index (χ0v) is 12.6. The molecule has 0 bridgehead atoms. The number of pyridine rings is 1. The summed E-state index contributed by atoms with van der Waals surface area (Å²) in [5.74, 6) is 0.306. The van der Waals surface area contributed by atoms with Crippen molar-refractivity contribution >= 4 is 17.6 Å².